The van der Waals surface area contributed by atoms with Crippen LogP contribution in [0, 0.1) is 0 Å². The van der Waals surface area contributed by atoms with Crippen molar-refractivity contribution in [2.24, 2.45) is 0 Å². The third kappa shape index (κ3) is 29.5. The number of hydrogen-bond acceptors (Lipinski definition) is 1. The third-order valence-corrected chi connectivity index (χ3v) is 0. The van der Waals surface area contributed by atoms with Gasteiger partial charge < -0.3 is 0 Å². The fraction of sp³-hybridized carbons (Fsp3) is 0. The van der Waals surface area contributed by atoms with Gasteiger partial charge in [0.15, 0.2) is 0 Å². The van der Waals surface area contributed by atoms with Crippen molar-refractivity contribution in [3.63, 3.8) is 0 Å². The summed E-state index contributed by atoms with van der Waals surface area (Å²) < 4.78 is 3.19. The molecule has 2 radical (unpaired) electrons. The molecule has 0 spiro atoms. The Bertz CT molecular complexity index is 9.61. The molecule has 0 rings (SSSR count). The van der Waals surface area contributed by atoms with E-state index in [9.17, 15) is 0 Å². The van der Waals surface area contributed by atoms with Crippen LogP contribution in [0.2, 0.25) is 0 Å². The summed E-state index contributed by atoms with van der Waals surface area (Å²) in [5.41, 5.74) is 0. The van der Waals surface area contributed by atoms with E-state index in [1.165, 1.54) is 0 Å². The molecule has 0 saturated carbocycles. The SMILES string of the molecule is B.ClOCl.[PbH2]. The van der Waals surface area contributed by atoms with Crippen LogP contribution in [-0.4, -0.2) is 35.7 Å². The van der Waals surface area contributed by atoms with Crippen molar-refractivity contribution in [1.82, 2.24) is 0 Å². The first kappa shape index (κ1) is 16.0. The normalized spacial score (nSPS) is 3.60. The Labute approximate surface area is 63.0 Å². The number of hydrogen-bond donors (Lipinski definition) is 0. The van der Waals surface area contributed by atoms with Gasteiger partial charge in [-0.2, -0.15) is 3.84 Å². The summed E-state index contributed by atoms with van der Waals surface area (Å²) in [5, 5.41) is 0. The van der Waals surface area contributed by atoms with Gasteiger partial charge in [0.25, 0.3) is 0 Å². The van der Waals surface area contributed by atoms with E-state index < -0.39 is 0 Å². The van der Waals surface area contributed by atoms with E-state index in [4.69, 9.17) is 0 Å². The van der Waals surface area contributed by atoms with E-state index in [2.05, 4.69) is 27.6 Å². The summed E-state index contributed by atoms with van der Waals surface area (Å²) in [6, 6.07) is 0. The average molecular weight is 310 g/mol. The molecule has 0 aliphatic heterocycles. The minimum atomic E-state index is 0. The van der Waals surface area contributed by atoms with Gasteiger partial charge in [-0.15, -0.1) is 0 Å². The van der Waals surface area contributed by atoms with E-state index in [-0.39, 0.29) is 35.7 Å². The molecular weight excluding hydrogens is 305 g/mol. The maximum absolute atomic E-state index is 4.26. The number of halogens is 2. The Morgan fingerprint density at radius 1 is 1.20 bits per heavy atom. The summed E-state index contributed by atoms with van der Waals surface area (Å²) in [6.45, 7) is 0. The van der Waals surface area contributed by atoms with Crippen LogP contribution >= 0.6 is 23.7 Å². The third-order valence-electron chi connectivity index (χ3n) is 0. The molecule has 0 aliphatic rings. The summed E-state index contributed by atoms with van der Waals surface area (Å²) in [7, 11) is 0. The van der Waals surface area contributed by atoms with Crippen LogP contribution in [0.25, 0.3) is 0 Å². The Hall–Kier alpha value is 1.53. The van der Waals surface area contributed by atoms with Gasteiger partial charge in [-0.1, -0.05) is 0 Å². The Balaban J connectivity index is -0.0000000200. The average Bonchev–Trinajstić information content (AvgIpc) is 0.918. The molecule has 0 aliphatic carbocycles. The Morgan fingerprint density at radius 3 is 1.20 bits per heavy atom. The van der Waals surface area contributed by atoms with Crippen LogP contribution in [0.3, 0.4) is 0 Å². The van der Waals surface area contributed by atoms with Gasteiger partial charge in [-0.05, 0) is 0 Å². The first-order chi connectivity index (χ1) is 1.41. The van der Waals surface area contributed by atoms with Crippen LogP contribution in [0.5, 0.6) is 0 Å². The van der Waals surface area contributed by atoms with Crippen molar-refractivity contribution >= 4 is 59.4 Å². The maximum atomic E-state index is 4.26. The fourth-order valence-electron chi connectivity index (χ4n) is 0. The van der Waals surface area contributed by atoms with Gasteiger partial charge in [0, 0.05) is 0 Å². The first-order valence-electron chi connectivity index (χ1n) is 0.309. The van der Waals surface area contributed by atoms with Crippen molar-refractivity contribution in [2.45, 2.75) is 0 Å². The van der Waals surface area contributed by atoms with Crippen molar-refractivity contribution in [3.05, 3.63) is 0 Å². The van der Waals surface area contributed by atoms with Crippen LogP contribution in [-0.2, 0) is 3.84 Å². The standard InChI is InChI=1S/BH3.Cl2O.Pb.2H/c;1-3-2;;;/h1H3;;;;. The van der Waals surface area contributed by atoms with E-state index in [0.29, 0.717) is 0 Å². The van der Waals surface area contributed by atoms with Crippen molar-refractivity contribution in [1.29, 1.82) is 0 Å². The van der Waals surface area contributed by atoms with Crippen LogP contribution < -0.4 is 0 Å². The molecule has 32 valence electrons. The molecule has 0 bridgehead atoms. The van der Waals surface area contributed by atoms with E-state index >= 15 is 0 Å². The second-order valence-electron chi connectivity index (χ2n) is 0.0583. The molecule has 5 heavy (non-hydrogen) atoms. The van der Waals surface area contributed by atoms with Crippen LogP contribution in [0.1, 0.15) is 0 Å². The van der Waals surface area contributed by atoms with Gasteiger partial charge in [-0.3, -0.25) is 0 Å². The van der Waals surface area contributed by atoms with Crippen molar-refractivity contribution in [2.75, 3.05) is 0 Å². The predicted octanol–water partition coefficient (Wildman–Crippen LogP) is -0.790. The van der Waals surface area contributed by atoms with Crippen LogP contribution in [0.15, 0.2) is 0 Å². The molecule has 5 heteroatoms. The van der Waals surface area contributed by atoms with Crippen LogP contribution in [0.4, 0.5) is 0 Å². The van der Waals surface area contributed by atoms with E-state index in [0.717, 1.165) is 0 Å². The molecule has 0 N–H and O–H groups in total. The van der Waals surface area contributed by atoms with Crippen molar-refractivity contribution < 1.29 is 3.84 Å². The Kier molecular flexibility index (Phi) is 56.9. The topological polar surface area (TPSA) is 9.23 Å². The van der Waals surface area contributed by atoms with E-state index in [1.54, 1.807) is 0 Å². The minimum absolute atomic E-state index is 0. The summed E-state index contributed by atoms with van der Waals surface area (Å²) in [6.07, 6.45) is 0. The molecule has 1 nitrogen and oxygen atoms in total. The summed E-state index contributed by atoms with van der Waals surface area (Å²) >= 11 is 8.53. The second kappa shape index (κ2) is 17.7. The fourth-order valence-corrected chi connectivity index (χ4v) is 0. The predicted molar refractivity (Wildman–Crippen MR) is 31.3 cm³/mol. The quantitative estimate of drug-likeness (QED) is 0.533. The second-order valence-corrected chi connectivity index (χ2v) is 0.525. The zero-order chi connectivity index (χ0) is 2.71. The van der Waals surface area contributed by atoms with Crippen molar-refractivity contribution in [3.8, 4) is 0 Å². The van der Waals surface area contributed by atoms with Gasteiger partial charge >= 0.3 is 27.3 Å². The molecule has 0 aromatic rings. The molecule has 0 atom stereocenters. The molecule has 0 amide bonds. The molecule has 0 unspecified atom stereocenters. The van der Waals surface area contributed by atoms with Gasteiger partial charge in [0.2, 0.25) is 0 Å². The zero-order valence-corrected chi connectivity index (χ0v) is 8.88. The van der Waals surface area contributed by atoms with Gasteiger partial charge in [-0.25, -0.2) is 0 Å². The summed E-state index contributed by atoms with van der Waals surface area (Å²) in [4.78, 5) is 0. The molecule has 0 fully saturated rings. The zero-order valence-electron chi connectivity index (χ0n) is 1.87. The number of rotatable bonds is 0. The Morgan fingerprint density at radius 2 is 1.20 bits per heavy atom. The molecular formula is H5BCl2OPb. The monoisotopic (exact) mass is 310 g/mol. The summed E-state index contributed by atoms with van der Waals surface area (Å²) in [5.74, 6) is 0. The molecule has 0 heterocycles. The van der Waals surface area contributed by atoms with E-state index in [1.807, 2.05) is 0 Å². The molecule has 0 aromatic heterocycles. The van der Waals surface area contributed by atoms with Gasteiger partial charge in [0.05, 0.1) is 32.1 Å². The first-order valence-corrected chi connectivity index (χ1v) is 0.926. The molecule has 0 aromatic carbocycles. The molecule has 0 saturated heterocycles. The van der Waals surface area contributed by atoms with Gasteiger partial charge in [0.1, 0.15) is 0 Å².